The van der Waals surface area contributed by atoms with E-state index in [4.69, 9.17) is 5.84 Å². The van der Waals surface area contributed by atoms with Gasteiger partial charge in [-0.15, -0.1) is 0 Å². The molecule has 2 atom stereocenters. The van der Waals surface area contributed by atoms with Crippen LogP contribution in [0.25, 0.3) is 0 Å². The van der Waals surface area contributed by atoms with Crippen LogP contribution in [0, 0.1) is 11.8 Å². The summed E-state index contributed by atoms with van der Waals surface area (Å²) in [6.07, 6.45) is 4.98. The molecule has 4 nitrogen and oxygen atoms in total. The molecule has 0 bridgehead atoms. The predicted octanol–water partition coefficient (Wildman–Crippen LogP) is 2.09. The summed E-state index contributed by atoms with van der Waals surface area (Å²) in [6, 6.07) is 0.126. The number of aromatic nitrogens is 2. The molecule has 1 aromatic heterocycles. The second kappa shape index (κ2) is 6.01. The van der Waals surface area contributed by atoms with E-state index < -0.39 is 0 Å². The molecule has 0 aliphatic carbocycles. The van der Waals surface area contributed by atoms with Crippen molar-refractivity contribution in [2.75, 3.05) is 0 Å². The van der Waals surface area contributed by atoms with Crippen molar-refractivity contribution in [3.63, 3.8) is 0 Å². The first-order valence-electron chi connectivity index (χ1n) is 6.09. The number of hydrogen-bond acceptors (Lipinski definition) is 3. The topological polar surface area (TPSA) is 55.9 Å². The molecule has 0 saturated carbocycles. The zero-order valence-electron chi connectivity index (χ0n) is 10.8. The van der Waals surface area contributed by atoms with Crippen LogP contribution in [0.5, 0.6) is 0 Å². The Hall–Kier alpha value is -0.870. The normalized spacial score (nSPS) is 15.4. The van der Waals surface area contributed by atoms with Gasteiger partial charge in [-0.05, 0) is 18.3 Å². The number of hydrazine groups is 1. The molecule has 1 aromatic rings. The Morgan fingerprint density at radius 3 is 2.62 bits per heavy atom. The van der Waals surface area contributed by atoms with Crippen molar-refractivity contribution in [1.29, 1.82) is 0 Å². The van der Waals surface area contributed by atoms with Gasteiger partial charge in [-0.3, -0.25) is 5.84 Å². The molecule has 1 heterocycles. The van der Waals surface area contributed by atoms with Crippen molar-refractivity contribution in [2.24, 2.45) is 17.7 Å². The minimum atomic E-state index is 0.126. The molecule has 0 spiro atoms. The van der Waals surface area contributed by atoms with Crippen LogP contribution in [0.2, 0.25) is 0 Å². The van der Waals surface area contributed by atoms with E-state index in [2.05, 4.69) is 42.7 Å². The molecule has 92 valence electrons. The molecule has 0 aromatic carbocycles. The Morgan fingerprint density at radius 1 is 1.44 bits per heavy atom. The minimum Gasteiger partial charge on any atom is -0.334 e. The Kier molecular flexibility index (Phi) is 4.96. The maximum atomic E-state index is 5.66. The van der Waals surface area contributed by atoms with E-state index in [0.717, 1.165) is 18.8 Å². The highest BCUT2D eigenvalue weighted by Gasteiger charge is 2.24. The van der Waals surface area contributed by atoms with E-state index in [1.165, 1.54) is 0 Å². The standard InChI is InChI=1S/C12H24N4/c1-5-7-16-8-6-14-12(16)11(15-13)10(4)9(2)3/h6,8-11,15H,5,7,13H2,1-4H3. The number of aryl methyl sites for hydroxylation is 1. The van der Waals surface area contributed by atoms with Crippen LogP contribution >= 0.6 is 0 Å². The first kappa shape index (κ1) is 13.2. The van der Waals surface area contributed by atoms with Crippen molar-refractivity contribution in [1.82, 2.24) is 15.0 Å². The molecular weight excluding hydrogens is 200 g/mol. The summed E-state index contributed by atoms with van der Waals surface area (Å²) in [7, 11) is 0. The highest BCUT2D eigenvalue weighted by Crippen LogP contribution is 2.26. The molecular formula is C12H24N4. The maximum Gasteiger partial charge on any atom is 0.127 e. The van der Waals surface area contributed by atoms with E-state index in [0.29, 0.717) is 11.8 Å². The van der Waals surface area contributed by atoms with E-state index in [9.17, 15) is 0 Å². The number of rotatable bonds is 6. The first-order valence-corrected chi connectivity index (χ1v) is 6.09. The third-order valence-electron chi connectivity index (χ3n) is 3.25. The van der Waals surface area contributed by atoms with Gasteiger partial charge in [0.1, 0.15) is 5.82 Å². The fourth-order valence-corrected chi connectivity index (χ4v) is 1.88. The Bertz CT molecular complexity index is 306. The second-order valence-corrected chi connectivity index (χ2v) is 4.73. The fourth-order valence-electron chi connectivity index (χ4n) is 1.88. The molecule has 0 radical (unpaired) electrons. The zero-order valence-corrected chi connectivity index (χ0v) is 10.8. The number of nitrogens with two attached hydrogens (primary N) is 1. The van der Waals surface area contributed by atoms with E-state index in [-0.39, 0.29) is 6.04 Å². The molecule has 0 saturated heterocycles. The lowest BCUT2D eigenvalue weighted by Crippen LogP contribution is -2.36. The van der Waals surface area contributed by atoms with Gasteiger partial charge in [0.2, 0.25) is 0 Å². The van der Waals surface area contributed by atoms with Crippen LogP contribution in [-0.2, 0) is 6.54 Å². The highest BCUT2D eigenvalue weighted by molar-refractivity contribution is 5.01. The van der Waals surface area contributed by atoms with Crippen LogP contribution < -0.4 is 11.3 Å². The first-order chi connectivity index (χ1) is 7.61. The summed E-state index contributed by atoms with van der Waals surface area (Å²) >= 11 is 0. The average Bonchev–Trinajstić information content (AvgIpc) is 2.68. The van der Waals surface area contributed by atoms with Gasteiger partial charge in [-0.25, -0.2) is 10.4 Å². The smallest absolute Gasteiger partial charge is 0.127 e. The highest BCUT2D eigenvalue weighted by atomic mass is 15.3. The van der Waals surface area contributed by atoms with Crippen molar-refractivity contribution in [3.05, 3.63) is 18.2 Å². The van der Waals surface area contributed by atoms with Gasteiger partial charge in [0.25, 0.3) is 0 Å². The van der Waals surface area contributed by atoms with Crippen molar-refractivity contribution in [2.45, 2.75) is 46.7 Å². The lowest BCUT2D eigenvalue weighted by atomic mass is 9.90. The molecule has 0 aliphatic rings. The third-order valence-corrected chi connectivity index (χ3v) is 3.25. The molecule has 0 amide bonds. The Balaban J connectivity index is 2.89. The zero-order chi connectivity index (χ0) is 12.1. The number of nitrogens with zero attached hydrogens (tertiary/aromatic N) is 2. The SMILES string of the molecule is CCCn1ccnc1C(NN)C(C)C(C)C. The monoisotopic (exact) mass is 224 g/mol. The maximum absolute atomic E-state index is 5.66. The summed E-state index contributed by atoms with van der Waals surface area (Å²) in [5.74, 6) is 7.75. The van der Waals surface area contributed by atoms with Crippen molar-refractivity contribution in [3.8, 4) is 0 Å². The summed E-state index contributed by atoms with van der Waals surface area (Å²) in [5, 5.41) is 0. The molecule has 0 fully saturated rings. The van der Waals surface area contributed by atoms with Crippen LogP contribution in [0.3, 0.4) is 0 Å². The van der Waals surface area contributed by atoms with Gasteiger partial charge in [-0.2, -0.15) is 0 Å². The summed E-state index contributed by atoms with van der Waals surface area (Å²) < 4.78 is 2.18. The van der Waals surface area contributed by atoms with E-state index >= 15 is 0 Å². The Morgan fingerprint density at radius 2 is 2.12 bits per heavy atom. The largest absolute Gasteiger partial charge is 0.334 e. The molecule has 0 aliphatic heterocycles. The van der Waals surface area contributed by atoms with Crippen molar-refractivity contribution >= 4 is 0 Å². The van der Waals surface area contributed by atoms with Gasteiger partial charge >= 0.3 is 0 Å². The van der Waals surface area contributed by atoms with Crippen LogP contribution in [0.15, 0.2) is 12.4 Å². The summed E-state index contributed by atoms with van der Waals surface area (Å²) in [4.78, 5) is 4.43. The molecule has 16 heavy (non-hydrogen) atoms. The number of nitrogens with one attached hydrogen (secondary N) is 1. The third kappa shape index (κ3) is 2.83. The van der Waals surface area contributed by atoms with Gasteiger partial charge in [0.15, 0.2) is 0 Å². The van der Waals surface area contributed by atoms with Crippen molar-refractivity contribution < 1.29 is 0 Å². The minimum absolute atomic E-state index is 0.126. The van der Waals surface area contributed by atoms with Crippen LogP contribution in [0.4, 0.5) is 0 Å². The lowest BCUT2D eigenvalue weighted by Gasteiger charge is -2.26. The Labute approximate surface area is 98.2 Å². The average molecular weight is 224 g/mol. The number of imidazole rings is 1. The van der Waals surface area contributed by atoms with E-state index in [1.54, 1.807) is 0 Å². The molecule has 4 heteroatoms. The lowest BCUT2D eigenvalue weighted by molar-refractivity contribution is 0.289. The molecule has 2 unspecified atom stereocenters. The van der Waals surface area contributed by atoms with Gasteiger partial charge in [0.05, 0.1) is 6.04 Å². The quantitative estimate of drug-likeness (QED) is 0.574. The van der Waals surface area contributed by atoms with Crippen LogP contribution in [0.1, 0.15) is 46.0 Å². The summed E-state index contributed by atoms with van der Waals surface area (Å²) in [6.45, 7) is 9.79. The number of hydrogen-bond donors (Lipinski definition) is 2. The second-order valence-electron chi connectivity index (χ2n) is 4.73. The van der Waals surface area contributed by atoms with Crippen LogP contribution in [-0.4, -0.2) is 9.55 Å². The van der Waals surface area contributed by atoms with Gasteiger partial charge < -0.3 is 4.57 Å². The predicted molar refractivity (Wildman–Crippen MR) is 66.6 cm³/mol. The molecule has 3 N–H and O–H groups in total. The van der Waals surface area contributed by atoms with Gasteiger partial charge in [0, 0.05) is 18.9 Å². The van der Waals surface area contributed by atoms with Gasteiger partial charge in [-0.1, -0.05) is 27.7 Å². The summed E-state index contributed by atoms with van der Waals surface area (Å²) in [5.41, 5.74) is 2.90. The fraction of sp³-hybridized carbons (Fsp3) is 0.750. The van der Waals surface area contributed by atoms with E-state index in [1.807, 2.05) is 12.4 Å². The molecule has 1 rings (SSSR count).